The van der Waals surface area contributed by atoms with Gasteiger partial charge in [0.15, 0.2) is 0 Å². The number of aryl methyl sites for hydroxylation is 3. The maximum Gasteiger partial charge on any atom is 0.343 e. The number of carbonyl (C=O) groups excluding carboxylic acids is 4. The molecule has 0 spiro atoms. The minimum absolute atomic E-state index is 0.0629. The Bertz CT molecular complexity index is 5210. The number of rotatable bonds is 20. The normalized spacial score (nSPS) is 11.1. The molecule has 3 amide bonds. The number of fused-ring (bicyclic) bond motifs is 4. The van der Waals surface area contributed by atoms with Crippen LogP contribution in [0.5, 0.6) is 11.5 Å². The lowest BCUT2D eigenvalue weighted by Gasteiger charge is -2.20. The number of aromatic amines is 1. The Morgan fingerprint density at radius 3 is 1.41 bits per heavy atom. The summed E-state index contributed by atoms with van der Waals surface area (Å²) in [6.07, 6.45) is 6.47. The molecule has 8 aromatic heterocycles. The first-order chi connectivity index (χ1) is 49.5. The third-order valence-corrected chi connectivity index (χ3v) is 17.6. The number of nitrogens with two attached hydrogens (primary N) is 1. The molecule has 12 rings (SSSR count). The van der Waals surface area contributed by atoms with E-state index in [4.69, 9.17) is 34.7 Å². The minimum Gasteiger partial charge on any atom is -0.495 e. The zero-order valence-corrected chi connectivity index (χ0v) is 65.3. The molecule has 10 N–H and O–H groups in total. The van der Waals surface area contributed by atoms with Crippen molar-refractivity contribution in [3.63, 3.8) is 0 Å². The van der Waals surface area contributed by atoms with Gasteiger partial charge < -0.3 is 65.0 Å². The number of anilines is 8. The first-order valence-electron chi connectivity index (χ1n) is 31.1. The fraction of sp³-hybridized carbons (Fsp3) is 0.200. The van der Waals surface area contributed by atoms with Gasteiger partial charge in [0.2, 0.25) is 0 Å². The van der Waals surface area contributed by atoms with Crippen LogP contribution in [-0.4, -0.2) is 107 Å². The zero-order chi connectivity index (χ0) is 75.4. The van der Waals surface area contributed by atoms with Crippen LogP contribution in [0.1, 0.15) is 75.5 Å². The number of hydroxylamine groups is 2. The number of H-pyrrole nitrogens is 1. The molecule has 0 bridgehead atoms. The largest absolute Gasteiger partial charge is 0.495 e. The molecule has 4 aromatic carbocycles. The van der Waals surface area contributed by atoms with Gasteiger partial charge in [-0.2, -0.15) is 0 Å². The number of primary amides is 1. The molecule has 0 atom stereocenters. The Hall–Kier alpha value is -9.23. The van der Waals surface area contributed by atoms with E-state index in [1.54, 1.807) is 141 Å². The second kappa shape index (κ2) is 35.0. The van der Waals surface area contributed by atoms with Crippen molar-refractivity contribution in [1.29, 1.82) is 0 Å². The number of aromatic nitrogens is 8. The first kappa shape index (κ1) is 78.9. The number of hydrogen-bond donors (Lipinski definition) is 9. The average molecular weight is 1880 g/mol. The predicted molar refractivity (Wildman–Crippen MR) is 419 cm³/mol. The number of nitrogens with one attached hydrogen (secondary N) is 7. The summed E-state index contributed by atoms with van der Waals surface area (Å²) >= 11 is 8.08. The maximum atomic E-state index is 14.4. The molecule has 25 nitrogen and oxygen atoms in total. The van der Waals surface area contributed by atoms with Gasteiger partial charge in [-0.05, 0) is 221 Å². The number of carbonyl (C=O) groups is 4. The number of nitrogens with zero attached hydrogens (tertiary/aromatic N) is 7. The van der Waals surface area contributed by atoms with E-state index in [9.17, 15) is 41.1 Å². The van der Waals surface area contributed by atoms with E-state index in [-0.39, 0.29) is 63.9 Å². The SMILES string of the molecule is CCCONC(=O)c1c(Nc2ccc(I)cc2F)[nH]c2ncc(F)cc12.COc1cnc2c(c1)c(C(=O)NOCCO)c(Nc1ccc(I)cc1F)n2C.COc1cnc2c(c1)c(C(=O)OC(C)(C)C)c(Nc1ccc(I)cc1F)n2C.Cn1c(Nc2ccc(I)cc2F)c(C(N)=O)c2cccnc21. The van der Waals surface area contributed by atoms with Crippen molar-refractivity contribution in [3.05, 3.63) is 194 Å². The van der Waals surface area contributed by atoms with Gasteiger partial charge in [0.25, 0.3) is 17.7 Å². The summed E-state index contributed by atoms with van der Waals surface area (Å²) < 4.78 is 94.7. The fourth-order valence-electron chi connectivity index (χ4n) is 10.3. The lowest BCUT2D eigenvalue weighted by atomic mass is 10.1. The average Bonchev–Trinajstić information content (AvgIpc) is 1.67. The van der Waals surface area contributed by atoms with E-state index in [1.165, 1.54) is 50.7 Å². The first-order valence-corrected chi connectivity index (χ1v) is 35.4. The predicted octanol–water partition coefficient (Wildman–Crippen LogP) is 15.2. The van der Waals surface area contributed by atoms with E-state index in [2.05, 4.69) is 57.1 Å². The lowest BCUT2D eigenvalue weighted by molar-refractivity contribution is 0.00720. The molecule has 544 valence electrons. The van der Waals surface area contributed by atoms with E-state index in [1.807, 2.05) is 97.3 Å². The second-order valence-electron chi connectivity index (χ2n) is 23.3. The molecule has 8 heterocycles. The number of halogens is 9. The smallest absolute Gasteiger partial charge is 0.343 e. The van der Waals surface area contributed by atoms with E-state index < -0.39 is 58.4 Å². The number of methoxy groups -OCH3 is 2. The highest BCUT2D eigenvalue weighted by Gasteiger charge is 2.30. The molecule has 34 heteroatoms. The third-order valence-electron chi connectivity index (χ3n) is 14.9. The van der Waals surface area contributed by atoms with Gasteiger partial charge in [0.1, 0.15) is 97.6 Å². The monoisotopic (exact) mass is 1880 g/mol. The van der Waals surface area contributed by atoms with Gasteiger partial charge in [-0.3, -0.25) is 24.1 Å². The number of aliphatic hydroxyl groups excluding tert-OH is 1. The van der Waals surface area contributed by atoms with Crippen LogP contribution in [0.15, 0.2) is 128 Å². The molecular formula is C70H66F5I4N15O10. The summed E-state index contributed by atoms with van der Waals surface area (Å²) in [4.78, 5) is 79.9. The molecule has 0 saturated heterocycles. The lowest BCUT2D eigenvalue weighted by Crippen LogP contribution is -2.25. The molecule has 104 heavy (non-hydrogen) atoms. The summed E-state index contributed by atoms with van der Waals surface area (Å²) in [6.45, 7) is 7.29. The summed E-state index contributed by atoms with van der Waals surface area (Å²) in [6, 6.07) is 27.0. The summed E-state index contributed by atoms with van der Waals surface area (Å²) in [7, 11) is 8.23. The molecule has 0 fully saturated rings. The van der Waals surface area contributed by atoms with Crippen LogP contribution in [-0.2, 0) is 35.6 Å². The number of hydrogen-bond acceptors (Lipinski definition) is 18. The van der Waals surface area contributed by atoms with Crippen LogP contribution >= 0.6 is 90.4 Å². The fourth-order valence-corrected chi connectivity index (χ4v) is 12.1. The van der Waals surface area contributed by atoms with Crippen LogP contribution in [0.4, 0.5) is 68.0 Å². The summed E-state index contributed by atoms with van der Waals surface area (Å²) in [5.41, 5.74) is 13.1. The van der Waals surface area contributed by atoms with Gasteiger partial charge >= 0.3 is 5.97 Å². The minimum atomic E-state index is -0.684. The number of aliphatic hydroxyl groups is 1. The van der Waals surface area contributed by atoms with Crippen molar-refractivity contribution in [1.82, 2.24) is 49.6 Å². The highest BCUT2D eigenvalue weighted by molar-refractivity contribution is 14.1. The molecule has 0 saturated carbocycles. The topological polar surface area (TPSA) is 315 Å². The summed E-state index contributed by atoms with van der Waals surface area (Å²) in [5, 5.41) is 22.6. The number of ether oxygens (including phenoxy) is 3. The highest BCUT2D eigenvalue weighted by atomic mass is 127. The zero-order valence-electron chi connectivity index (χ0n) is 56.7. The molecule has 0 aliphatic carbocycles. The van der Waals surface area contributed by atoms with Crippen LogP contribution < -0.4 is 47.4 Å². The van der Waals surface area contributed by atoms with Crippen LogP contribution in [0.3, 0.4) is 0 Å². The quantitative estimate of drug-likeness (QED) is 0.0113. The summed E-state index contributed by atoms with van der Waals surface area (Å²) in [5.74, 6) is -2.31. The standard InChI is InChI=1S/C20H21FIN3O3.C18H18FIN4O4.C17H15F2IN4O2.C15H12FIN4O/c1-20(2,3)28-19(26)16-13-9-12(27-5)10-23-17(13)25(4)18(16)24-15-7-6-11(22)8-14(15)21;1-24-16-12(8-11(27-2)9-21-16)15(18(26)23-28-6-5-25)17(24)22-14-4-3-10(20)7-13(14)19;1-2-5-26-24-17(25)14-11-6-9(18)8-21-15(11)23-16(14)22-13-4-3-10(20)7-12(13)19;1-21-14-9(3-2-6-19-14)12(13(18)22)15(21)20-11-5-4-8(17)7-10(11)16/h6-10,24H,1-5H3;3-4,7-9,22,25H,5-6H2,1-2H3,(H,23,26);3-4,6-8,22H,2,5H2,1H3,(H,21,23)(H,24,25);2-7,20H,1H3,(H2,18,22). The Morgan fingerprint density at radius 2 is 0.971 bits per heavy atom. The highest BCUT2D eigenvalue weighted by Crippen LogP contribution is 2.38. The number of amides is 3. The number of pyridine rings is 4. The van der Waals surface area contributed by atoms with Crippen molar-refractivity contribution in [2.75, 3.05) is 55.3 Å². The molecule has 0 aliphatic heterocycles. The molecule has 0 radical (unpaired) electrons. The van der Waals surface area contributed by atoms with E-state index in [0.29, 0.717) is 86.3 Å². The number of benzene rings is 4. The van der Waals surface area contributed by atoms with Crippen LogP contribution in [0, 0.1) is 43.4 Å². The number of esters is 1. The van der Waals surface area contributed by atoms with Gasteiger partial charge in [-0.15, -0.1) is 0 Å². The molecule has 12 aromatic rings. The molecular weight excluding hydrogens is 1810 g/mol. The van der Waals surface area contributed by atoms with Crippen molar-refractivity contribution in [3.8, 4) is 11.5 Å². The van der Waals surface area contributed by atoms with Crippen molar-refractivity contribution < 1.29 is 70.1 Å². The van der Waals surface area contributed by atoms with Gasteiger partial charge in [-0.1, -0.05) is 6.92 Å². The Labute approximate surface area is 645 Å². The van der Waals surface area contributed by atoms with E-state index >= 15 is 0 Å². The van der Waals surface area contributed by atoms with Gasteiger partial charge in [0, 0.05) is 63.2 Å². The van der Waals surface area contributed by atoms with Gasteiger partial charge in [0.05, 0.1) is 92.1 Å². The Morgan fingerprint density at radius 1 is 0.538 bits per heavy atom. The molecule has 0 aliphatic rings. The van der Waals surface area contributed by atoms with Crippen molar-refractivity contribution >= 4 is 204 Å². The van der Waals surface area contributed by atoms with Crippen molar-refractivity contribution in [2.24, 2.45) is 26.9 Å². The Kier molecular flexibility index (Phi) is 26.6. The maximum absolute atomic E-state index is 14.4. The van der Waals surface area contributed by atoms with Crippen LogP contribution in [0.2, 0.25) is 0 Å². The molecule has 0 unspecified atom stereocenters. The second-order valence-corrected chi connectivity index (χ2v) is 28.3. The third kappa shape index (κ3) is 18.8. The van der Waals surface area contributed by atoms with Crippen LogP contribution in [0.25, 0.3) is 44.1 Å². The Balaban J connectivity index is 0.000000161. The van der Waals surface area contributed by atoms with E-state index in [0.717, 1.165) is 20.5 Å². The van der Waals surface area contributed by atoms with Crippen molar-refractivity contribution in [2.45, 2.75) is 39.7 Å². The van der Waals surface area contributed by atoms with Gasteiger partial charge in [-0.25, -0.2) is 57.6 Å².